The molecule has 8 heteroatoms. The van der Waals surface area contributed by atoms with E-state index in [9.17, 15) is 14.4 Å². The maximum Gasteiger partial charge on any atom is 0.325 e. The molecule has 2 aromatic carbocycles. The first-order chi connectivity index (χ1) is 16.8. The lowest BCUT2D eigenvalue weighted by Gasteiger charge is -2.36. The van der Waals surface area contributed by atoms with Gasteiger partial charge in [-0.05, 0) is 42.0 Å². The van der Waals surface area contributed by atoms with Gasteiger partial charge < -0.3 is 19.7 Å². The molecule has 1 N–H and O–H groups in total. The Balaban J connectivity index is 1.37. The minimum Gasteiger partial charge on any atom is -0.493 e. The first-order valence-corrected chi connectivity index (χ1v) is 12.1. The molecule has 35 heavy (non-hydrogen) atoms. The van der Waals surface area contributed by atoms with Crippen molar-refractivity contribution < 1.29 is 23.9 Å². The average molecular weight is 480 g/mol. The summed E-state index contributed by atoms with van der Waals surface area (Å²) in [5.41, 5.74) is 1.03. The van der Waals surface area contributed by atoms with Crippen molar-refractivity contribution >= 4 is 17.8 Å². The van der Waals surface area contributed by atoms with Gasteiger partial charge in [-0.2, -0.15) is 0 Å². The molecule has 2 aromatic rings. The van der Waals surface area contributed by atoms with E-state index in [1.807, 2.05) is 55.5 Å². The number of carbonyl (C=O) groups is 3. The highest BCUT2D eigenvalue weighted by atomic mass is 16.5. The second kappa shape index (κ2) is 10.4. The fourth-order valence-electron chi connectivity index (χ4n) is 4.92. The lowest BCUT2D eigenvalue weighted by Crippen LogP contribution is -2.54. The maximum atomic E-state index is 13.1. The Bertz CT molecular complexity index is 1090. The van der Waals surface area contributed by atoms with Crippen LogP contribution in [0.3, 0.4) is 0 Å². The maximum absolute atomic E-state index is 13.1. The van der Waals surface area contributed by atoms with Gasteiger partial charge in [-0.3, -0.25) is 14.5 Å². The highest BCUT2D eigenvalue weighted by molar-refractivity contribution is 6.09. The van der Waals surface area contributed by atoms with Crippen LogP contribution in [0, 0.1) is 5.92 Å². The number of ether oxygens (including phenoxy) is 2. The summed E-state index contributed by atoms with van der Waals surface area (Å²) in [5.74, 6) is 0.651. The topological polar surface area (TPSA) is 88.2 Å². The van der Waals surface area contributed by atoms with E-state index in [1.54, 1.807) is 14.2 Å². The van der Waals surface area contributed by atoms with Crippen LogP contribution in [-0.4, -0.2) is 53.9 Å². The van der Waals surface area contributed by atoms with Gasteiger partial charge in [0.15, 0.2) is 11.5 Å². The van der Waals surface area contributed by atoms with Gasteiger partial charge in [0.2, 0.25) is 5.91 Å². The van der Waals surface area contributed by atoms with E-state index < -0.39 is 11.6 Å². The van der Waals surface area contributed by atoms with E-state index >= 15 is 0 Å². The van der Waals surface area contributed by atoms with Gasteiger partial charge in [-0.25, -0.2) is 4.79 Å². The molecule has 1 aliphatic heterocycles. The molecule has 2 fully saturated rings. The standard InChI is InChI=1S/C27H33N3O5/c1-19-9-7-8-14-27(19)25(32)30(26(33)28-27)17-24(31)29(2)16-21-12-13-22(23(15-21)34-3)35-18-20-10-5-4-6-11-20/h4-6,10-13,15,19H,7-9,14,16-18H2,1-3H3,(H,28,33). The Hall–Kier alpha value is -3.55. The summed E-state index contributed by atoms with van der Waals surface area (Å²) >= 11 is 0. The van der Waals surface area contributed by atoms with Crippen LogP contribution in [0.25, 0.3) is 0 Å². The van der Waals surface area contributed by atoms with Gasteiger partial charge in [-0.1, -0.05) is 56.2 Å². The van der Waals surface area contributed by atoms with Crippen LogP contribution < -0.4 is 14.8 Å². The number of imide groups is 1. The predicted octanol–water partition coefficient (Wildman–Crippen LogP) is 3.73. The molecule has 186 valence electrons. The number of likely N-dealkylation sites (N-methyl/N-ethyl adjacent to an activating group) is 1. The van der Waals surface area contributed by atoms with Gasteiger partial charge in [0.05, 0.1) is 7.11 Å². The van der Waals surface area contributed by atoms with Crippen LogP contribution >= 0.6 is 0 Å². The van der Waals surface area contributed by atoms with E-state index in [-0.39, 0.29) is 24.3 Å². The average Bonchev–Trinajstić information content (AvgIpc) is 3.10. The van der Waals surface area contributed by atoms with E-state index in [4.69, 9.17) is 9.47 Å². The van der Waals surface area contributed by atoms with Gasteiger partial charge in [0.1, 0.15) is 18.7 Å². The van der Waals surface area contributed by atoms with Crippen molar-refractivity contribution in [3.05, 3.63) is 59.7 Å². The van der Waals surface area contributed by atoms with Gasteiger partial charge >= 0.3 is 6.03 Å². The molecule has 2 atom stereocenters. The fraction of sp³-hybridized carbons (Fsp3) is 0.444. The summed E-state index contributed by atoms with van der Waals surface area (Å²) in [4.78, 5) is 41.2. The Morgan fingerprint density at radius 3 is 2.60 bits per heavy atom. The number of carbonyl (C=O) groups excluding carboxylic acids is 3. The van der Waals surface area contributed by atoms with Crippen LogP contribution in [-0.2, 0) is 22.7 Å². The monoisotopic (exact) mass is 479 g/mol. The normalized spacial score (nSPS) is 21.7. The quantitative estimate of drug-likeness (QED) is 0.583. The number of urea groups is 1. The number of nitrogens with one attached hydrogen (secondary N) is 1. The number of hydrogen-bond acceptors (Lipinski definition) is 5. The SMILES string of the molecule is COc1cc(CN(C)C(=O)CN2C(=O)NC3(CCCCC3C)C2=O)ccc1OCc1ccccc1. The van der Waals surface area contributed by atoms with Crippen molar-refractivity contribution in [3.63, 3.8) is 0 Å². The molecule has 0 bridgehead atoms. The van der Waals surface area contributed by atoms with E-state index in [0.717, 1.165) is 35.3 Å². The Labute approximate surface area is 206 Å². The third-order valence-corrected chi connectivity index (χ3v) is 7.11. The van der Waals surface area contributed by atoms with Gasteiger partial charge in [0, 0.05) is 13.6 Å². The van der Waals surface area contributed by atoms with Crippen LogP contribution in [0.2, 0.25) is 0 Å². The summed E-state index contributed by atoms with van der Waals surface area (Å²) in [5, 5.41) is 2.89. The van der Waals surface area contributed by atoms with Gasteiger partial charge in [-0.15, -0.1) is 0 Å². The highest BCUT2D eigenvalue weighted by Gasteiger charge is 2.55. The van der Waals surface area contributed by atoms with E-state index in [2.05, 4.69) is 5.32 Å². The molecule has 2 unspecified atom stereocenters. The molecule has 0 aromatic heterocycles. The zero-order valence-corrected chi connectivity index (χ0v) is 20.6. The molecular weight excluding hydrogens is 446 g/mol. The Morgan fingerprint density at radius 2 is 1.89 bits per heavy atom. The number of nitrogens with zero attached hydrogens (tertiary/aromatic N) is 2. The fourth-order valence-corrected chi connectivity index (χ4v) is 4.92. The third-order valence-electron chi connectivity index (χ3n) is 7.11. The van der Waals surface area contributed by atoms with E-state index in [1.165, 1.54) is 4.90 Å². The Morgan fingerprint density at radius 1 is 1.11 bits per heavy atom. The van der Waals surface area contributed by atoms with Crippen molar-refractivity contribution in [3.8, 4) is 11.5 Å². The number of rotatable bonds is 8. The van der Waals surface area contributed by atoms with Crippen LogP contribution in [0.4, 0.5) is 4.79 Å². The molecule has 4 rings (SSSR count). The lowest BCUT2D eigenvalue weighted by molar-refractivity contribution is -0.140. The summed E-state index contributed by atoms with van der Waals surface area (Å²) < 4.78 is 11.4. The second-order valence-corrected chi connectivity index (χ2v) is 9.45. The molecule has 8 nitrogen and oxygen atoms in total. The van der Waals surface area contributed by atoms with Crippen LogP contribution in [0.15, 0.2) is 48.5 Å². The summed E-state index contributed by atoms with van der Waals surface area (Å²) in [6.07, 6.45) is 3.45. The first-order valence-electron chi connectivity index (χ1n) is 12.1. The summed E-state index contributed by atoms with van der Waals surface area (Å²) in [6.45, 7) is 2.45. The number of amides is 4. The number of methoxy groups -OCH3 is 1. The minimum atomic E-state index is -0.864. The van der Waals surface area contributed by atoms with E-state index in [0.29, 0.717) is 31.1 Å². The molecule has 0 radical (unpaired) electrons. The molecular formula is C27H33N3O5. The highest BCUT2D eigenvalue weighted by Crippen LogP contribution is 2.38. The summed E-state index contributed by atoms with van der Waals surface area (Å²) in [7, 11) is 3.23. The molecule has 1 saturated carbocycles. The first kappa shape index (κ1) is 24.6. The second-order valence-electron chi connectivity index (χ2n) is 9.45. The van der Waals surface area contributed by atoms with Crippen LogP contribution in [0.5, 0.6) is 11.5 Å². The van der Waals surface area contributed by atoms with Crippen molar-refractivity contribution in [1.82, 2.24) is 15.1 Å². The van der Waals surface area contributed by atoms with Crippen molar-refractivity contribution in [2.75, 3.05) is 20.7 Å². The zero-order valence-electron chi connectivity index (χ0n) is 20.6. The number of hydrogen-bond donors (Lipinski definition) is 1. The molecule has 1 aliphatic carbocycles. The lowest BCUT2D eigenvalue weighted by atomic mass is 9.73. The molecule has 1 spiro atoms. The Kier molecular flexibility index (Phi) is 7.28. The molecule has 2 aliphatic rings. The van der Waals surface area contributed by atoms with Crippen molar-refractivity contribution in [2.24, 2.45) is 5.92 Å². The number of benzene rings is 2. The molecule has 1 heterocycles. The molecule has 1 saturated heterocycles. The third kappa shape index (κ3) is 5.11. The zero-order chi connectivity index (χ0) is 25.0. The minimum absolute atomic E-state index is 0.0561. The predicted molar refractivity (Wildman–Crippen MR) is 131 cm³/mol. The largest absolute Gasteiger partial charge is 0.493 e. The smallest absolute Gasteiger partial charge is 0.325 e. The van der Waals surface area contributed by atoms with Crippen molar-refractivity contribution in [1.29, 1.82) is 0 Å². The van der Waals surface area contributed by atoms with Gasteiger partial charge in [0.25, 0.3) is 5.91 Å². The summed E-state index contributed by atoms with van der Waals surface area (Å²) in [6, 6.07) is 14.9. The van der Waals surface area contributed by atoms with Crippen molar-refractivity contribution in [2.45, 2.75) is 51.3 Å². The molecule has 4 amide bonds. The van der Waals surface area contributed by atoms with Crippen LogP contribution in [0.1, 0.15) is 43.7 Å².